The number of aryl methyl sites for hydroxylation is 2. The van der Waals surface area contributed by atoms with Gasteiger partial charge in [-0.2, -0.15) is 0 Å². The standard InChI is InChI=1S/C20H20O2/c1-15-3-7-17(8-4-15)13-20(12-11-19(21)22-20)14-18-9-5-16(2)6-10-18/h3-12H,13-14H2,1-2H3. The molecule has 1 aliphatic heterocycles. The molecule has 2 nitrogen and oxygen atoms in total. The van der Waals surface area contributed by atoms with E-state index in [4.69, 9.17) is 4.74 Å². The minimum atomic E-state index is -0.568. The highest BCUT2D eigenvalue weighted by Crippen LogP contribution is 2.29. The van der Waals surface area contributed by atoms with Crippen molar-refractivity contribution in [3.8, 4) is 0 Å². The van der Waals surface area contributed by atoms with Crippen LogP contribution in [0.2, 0.25) is 0 Å². The lowest BCUT2D eigenvalue weighted by molar-refractivity contribution is -0.145. The Bertz CT molecular complexity index is 646. The molecule has 0 amide bonds. The third-order valence-electron chi connectivity index (χ3n) is 4.07. The number of esters is 1. The van der Waals surface area contributed by atoms with Gasteiger partial charge in [0.25, 0.3) is 0 Å². The molecule has 3 rings (SSSR count). The first-order chi connectivity index (χ1) is 10.5. The fourth-order valence-electron chi connectivity index (χ4n) is 2.84. The third kappa shape index (κ3) is 3.28. The second kappa shape index (κ2) is 5.80. The number of hydrogen-bond acceptors (Lipinski definition) is 2. The summed E-state index contributed by atoms with van der Waals surface area (Å²) in [6.45, 7) is 4.14. The molecule has 0 radical (unpaired) electrons. The number of ether oxygens (including phenoxy) is 1. The molecule has 0 unspecified atom stereocenters. The normalized spacial score (nSPS) is 15.8. The van der Waals surface area contributed by atoms with Crippen molar-refractivity contribution in [3.63, 3.8) is 0 Å². The topological polar surface area (TPSA) is 26.3 Å². The van der Waals surface area contributed by atoms with Gasteiger partial charge in [-0.05, 0) is 31.1 Å². The maximum absolute atomic E-state index is 11.6. The van der Waals surface area contributed by atoms with Crippen molar-refractivity contribution >= 4 is 5.97 Å². The monoisotopic (exact) mass is 292 g/mol. The first-order valence-corrected chi connectivity index (χ1v) is 7.58. The highest BCUT2D eigenvalue weighted by atomic mass is 16.6. The lowest BCUT2D eigenvalue weighted by Crippen LogP contribution is -2.33. The van der Waals surface area contributed by atoms with Gasteiger partial charge >= 0.3 is 5.97 Å². The second-order valence-electron chi connectivity index (χ2n) is 6.14. The third-order valence-corrected chi connectivity index (χ3v) is 4.07. The van der Waals surface area contributed by atoms with Gasteiger partial charge in [-0.15, -0.1) is 0 Å². The molecule has 2 heteroatoms. The fraction of sp³-hybridized carbons (Fsp3) is 0.250. The Morgan fingerprint density at radius 3 is 1.64 bits per heavy atom. The van der Waals surface area contributed by atoms with E-state index >= 15 is 0 Å². The quantitative estimate of drug-likeness (QED) is 0.798. The summed E-state index contributed by atoms with van der Waals surface area (Å²) >= 11 is 0. The zero-order valence-electron chi connectivity index (χ0n) is 13.0. The van der Waals surface area contributed by atoms with E-state index in [1.807, 2.05) is 6.08 Å². The van der Waals surface area contributed by atoms with Gasteiger partial charge in [-0.3, -0.25) is 0 Å². The van der Waals surface area contributed by atoms with E-state index in [0.717, 1.165) is 0 Å². The predicted molar refractivity (Wildman–Crippen MR) is 87.7 cm³/mol. The van der Waals surface area contributed by atoms with E-state index in [-0.39, 0.29) is 5.97 Å². The Morgan fingerprint density at radius 2 is 1.27 bits per heavy atom. The molecule has 0 saturated heterocycles. The molecule has 1 heterocycles. The lowest BCUT2D eigenvalue weighted by Gasteiger charge is -2.27. The van der Waals surface area contributed by atoms with Crippen LogP contribution in [0.5, 0.6) is 0 Å². The minimum Gasteiger partial charge on any atom is -0.451 e. The van der Waals surface area contributed by atoms with Crippen molar-refractivity contribution in [2.45, 2.75) is 32.3 Å². The van der Waals surface area contributed by atoms with Gasteiger partial charge in [0.05, 0.1) is 0 Å². The largest absolute Gasteiger partial charge is 0.451 e. The van der Waals surface area contributed by atoms with Gasteiger partial charge < -0.3 is 4.74 Å². The molecule has 0 spiro atoms. The van der Waals surface area contributed by atoms with Crippen molar-refractivity contribution in [1.82, 2.24) is 0 Å². The van der Waals surface area contributed by atoms with E-state index < -0.39 is 5.60 Å². The van der Waals surface area contributed by atoms with Crippen LogP contribution in [0, 0.1) is 13.8 Å². The highest BCUT2D eigenvalue weighted by Gasteiger charge is 2.36. The summed E-state index contributed by atoms with van der Waals surface area (Å²) in [6.07, 6.45) is 4.85. The fourth-order valence-corrected chi connectivity index (χ4v) is 2.84. The molecular weight excluding hydrogens is 272 g/mol. The van der Waals surface area contributed by atoms with Crippen LogP contribution in [0.4, 0.5) is 0 Å². The van der Waals surface area contributed by atoms with Crippen molar-refractivity contribution in [2.75, 3.05) is 0 Å². The Labute approximate surface area is 131 Å². The number of benzene rings is 2. The summed E-state index contributed by atoms with van der Waals surface area (Å²) in [5.74, 6) is -0.251. The Morgan fingerprint density at radius 1 is 0.818 bits per heavy atom. The van der Waals surface area contributed by atoms with Gasteiger partial charge in [-0.1, -0.05) is 59.7 Å². The zero-order chi connectivity index (χ0) is 15.6. The molecule has 1 aliphatic rings. The van der Waals surface area contributed by atoms with Crippen LogP contribution in [0.15, 0.2) is 60.7 Å². The van der Waals surface area contributed by atoms with Crippen LogP contribution in [-0.2, 0) is 22.4 Å². The molecule has 22 heavy (non-hydrogen) atoms. The lowest BCUT2D eigenvalue weighted by atomic mass is 9.88. The van der Waals surface area contributed by atoms with Crippen LogP contribution in [-0.4, -0.2) is 11.6 Å². The van der Waals surface area contributed by atoms with Gasteiger partial charge in [0, 0.05) is 18.9 Å². The first kappa shape index (κ1) is 14.6. The molecule has 2 aromatic rings. The van der Waals surface area contributed by atoms with E-state index in [0.29, 0.717) is 12.8 Å². The molecule has 112 valence electrons. The first-order valence-electron chi connectivity index (χ1n) is 7.58. The Kier molecular flexibility index (Phi) is 3.84. The maximum atomic E-state index is 11.6. The number of carbonyl (C=O) groups excluding carboxylic acids is 1. The summed E-state index contributed by atoms with van der Waals surface area (Å²) in [5.41, 5.74) is 4.25. The molecular formula is C20H20O2. The number of carbonyl (C=O) groups is 1. The van der Waals surface area contributed by atoms with Gasteiger partial charge in [0.2, 0.25) is 0 Å². The predicted octanol–water partition coefficient (Wildman–Crippen LogP) is 3.94. The molecule has 0 aromatic heterocycles. The zero-order valence-corrected chi connectivity index (χ0v) is 13.0. The number of hydrogen-bond donors (Lipinski definition) is 0. The van der Waals surface area contributed by atoms with Crippen LogP contribution < -0.4 is 0 Å². The van der Waals surface area contributed by atoms with Crippen molar-refractivity contribution in [2.24, 2.45) is 0 Å². The minimum absolute atomic E-state index is 0.251. The van der Waals surface area contributed by atoms with Crippen LogP contribution in [0.1, 0.15) is 22.3 Å². The molecule has 0 N–H and O–H groups in total. The molecule has 0 saturated carbocycles. The average molecular weight is 292 g/mol. The molecule has 0 atom stereocenters. The maximum Gasteiger partial charge on any atom is 0.331 e. The molecule has 0 bridgehead atoms. The molecule has 0 fully saturated rings. The van der Waals surface area contributed by atoms with Gasteiger partial charge in [-0.25, -0.2) is 4.79 Å². The molecule has 0 aliphatic carbocycles. The number of rotatable bonds is 4. The Balaban J connectivity index is 1.85. The van der Waals surface area contributed by atoms with E-state index in [1.54, 1.807) is 6.08 Å². The van der Waals surface area contributed by atoms with Crippen LogP contribution >= 0.6 is 0 Å². The van der Waals surface area contributed by atoms with Crippen molar-refractivity contribution in [3.05, 3.63) is 82.9 Å². The van der Waals surface area contributed by atoms with E-state index in [2.05, 4.69) is 62.4 Å². The summed E-state index contributed by atoms with van der Waals surface area (Å²) in [4.78, 5) is 11.6. The van der Waals surface area contributed by atoms with Crippen molar-refractivity contribution in [1.29, 1.82) is 0 Å². The summed E-state index contributed by atoms with van der Waals surface area (Å²) in [6, 6.07) is 16.8. The Hall–Kier alpha value is -2.35. The second-order valence-corrected chi connectivity index (χ2v) is 6.14. The molecule has 2 aromatic carbocycles. The summed E-state index contributed by atoms with van der Waals surface area (Å²) in [5, 5.41) is 0. The van der Waals surface area contributed by atoms with E-state index in [1.165, 1.54) is 22.3 Å². The van der Waals surface area contributed by atoms with Gasteiger partial charge in [0.15, 0.2) is 0 Å². The van der Waals surface area contributed by atoms with Crippen molar-refractivity contribution < 1.29 is 9.53 Å². The summed E-state index contributed by atoms with van der Waals surface area (Å²) < 4.78 is 5.67. The number of cyclic esters (lactones) is 1. The van der Waals surface area contributed by atoms with Crippen LogP contribution in [0.3, 0.4) is 0 Å². The van der Waals surface area contributed by atoms with Gasteiger partial charge in [0.1, 0.15) is 5.60 Å². The highest BCUT2D eigenvalue weighted by molar-refractivity contribution is 5.85. The SMILES string of the molecule is Cc1ccc(CC2(Cc3ccc(C)cc3)C=CC(=O)O2)cc1. The van der Waals surface area contributed by atoms with Crippen LogP contribution in [0.25, 0.3) is 0 Å². The smallest absolute Gasteiger partial charge is 0.331 e. The average Bonchev–Trinajstić information content (AvgIpc) is 2.85. The van der Waals surface area contributed by atoms with E-state index in [9.17, 15) is 4.79 Å². The summed E-state index contributed by atoms with van der Waals surface area (Å²) in [7, 11) is 0.